The monoisotopic (exact) mass is 439 g/mol. The standard InChI is InChI=1S/C20H21F4N5O2/c21-13-3-1-11(2-4-13)15-9-16(20(22,23)24)29-18(27-15)14(10-26-29)19(31)28-7-5-12(6-8-28)17(25)30/h1-4,10,12,15-16,27H,5-9H2,(H2,25,30)/t15-,16+/m1/s1. The van der Waals surface area contributed by atoms with E-state index in [9.17, 15) is 27.2 Å². The Bertz CT molecular complexity index is 980. The lowest BCUT2D eigenvalue weighted by molar-refractivity contribution is -0.173. The topological polar surface area (TPSA) is 93.2 Å². The van der Waals surface area contributed by atoms with Crippen molar-refractivity contribution in [3.05, 3.63) is 47.4 Å². The number of alkyl halides is 3. The second-order valence-electron chi connectivity index (χ2n) is 7.86. The number of hydrogen-bond donors (Lipinski definition) is 2. The smallest absolute Gasteiger partial charge is 0.369 e. The Hall–Kier alpha value is -3.11. The van der Waals surface area contributed by atoms with Crippen LogP contribution in [0.2, 0.25) is 0 Å². The first-order valence-electron chi connectivity index (χ1n) is 9.90. The summed E-state index contributed by atoms with van der Waals surface area (Å²) in [6, 6.07) is 2.50. The molecule has 2 aromatic rings. The van der Waals surface area contributed by atoms with Crippen LogP contribution in [-0.4, -0.2) is 45.8 Å². The molecule has 1 fully saturated rings. The van der Waals surface area contributed by atoms with Crippen molar-refractivity contribution >= 4 is 17.6 Å². The summed E-state index contributed by atoms with van der Waals surface area (Å²) < 4.78 is 55.4. The molecular weight excluding hydrogens is 418 g/mol. The largest absolute Gasteiger partial charge is 0.410 e. The van der Waals surface area contributed by atoms with Gasteiger partial charge in [0.1, 0.15) is 17.2 Å². The molecule has 31 heavy (non-hydrogen) atoms. The lowest BCUT2D eigenvalue weighted by atomic mass is 9.95. The summed E-state index contributed by atoms with van der Waals surface area (Å²) in [5.41, 5.74) is 5.82. The summed E-state index contributed by atoms with van der Waals surface area (Å²) in [7, 11) is 0. The Morgan fingerprint density at radius 2 is 1.77 bits per heavy atom. The third-order valence-electron chi connectivity index (χ3n) is 5.93. The first-order valence-corrected chi connectivity index (χ1v) is 9.90. The molecule has 0 radical (unpaired) electrons. The van der Waals surface area contributed by atoms with Crippen molar-refractivity contribution in [2.24, 2.45) is 11.7 Å². The summed E-state index contributed by atoms with van der Waals surface area (Å²) in [5.74, 6) is -1.72. The van der Waals surface area contributed by atoms with Gasteiger partial charge >= 0.3 is 6.18 Å². The molecule has 1 aromatic carbocycles. The van der Waals surface area contributed by atoms with Gasteiger partial charge < -0.3 is 16.0 Å². The van der Waals surface area contributed by atoms with Crippen molar-refractivity contribution < 1.29 is 27.2 Å². The van der Waals surface area contributed by atoms with Crippen LogP contribution in [0.25, 0.3) is 0 Å². The zero-order valence-corrected chi connectivity index (χ0v) is 16.4. The van der Waals surface area contributed by atoms with Gasteiger partial charge in [0.2, 0.25) is 5.91 Å². The van der Waals surface area contributed by atoms with Crippen LogP contribution in [0.3, 0.4) is 0 Å². The summed E-state index contributed by atoms with van der Waals surface area (Å²) in [5, 5.41) is 6.85. The fourth-order valence-corrected chi connectivity index (χ4v) is 4.17. The minimum Gasteiger partial charge on any atom is -0.369 e. The van der Waals surface area contributed by atoms with Gasteiger partial charge in [0.15, 0.2) is 6.04 Å². The van der Waals surface area contributed by atoms with Crippen molar-refractivity contribution in [1.82, 2.24) is 14.7 Å². The first-order chi connectivity index (χ1) is 14.6. The number of fused-ring (bicyclic) bond motifs is 1. The van der Waals surface area contributed by atoms with Gasteiger partial charge in [-0.05, 0) is 30.5 Å². The van der Waals surface area contributed by atoms with Crippen LogP contribution in [0.4, 0.5) is 23.4 Å². The van der Waals surface area contributed by atoms with Gasteiger partial charge in [0.25, 0.3) is 5.91 Å². The molecule has 2 atom stereocenters. The Morgan fingerprint density at radius 1 is 1.13 bits per heavy atom. The van der Waals surface area contributed by atoms with Gasteiger partial charge in [0, 0.05) is 25.4 Å². The third-order valence-corrected chi connectivity index (χ3v) is 5.93. The Morgan fingerprint density at radius 3 is 2.35 bits per heavy atom. The van der Waals surface area contributed by atoms with E-state index in [0.717, 1.165) is 10.9 Å². The van der Waals surface area contributed by atoms with E-state index in [0.29, 0.717) is 18.4 Å². The molecule has 7 nitrogen and oxygen atoms in total. The van der Waals surface area contributed by atoms with Crippen molar-refractivity contribution in [2.75, 3.05) is 18.4 Å². The van der Waals surface area contributed by atoms with Gasteiger partial charge in [-0.15, -0.1) is 0 Å². The van der Waals surface area contributed by atoms with Crippen molar-refractivity contribution in [3.8, 4) is 0 Å². The summed E-state index contributed by atoms with van der Waals surface area (Å²) in [4.78, 5) is 25.9. The molecular formula is C20H21F4N5O2. The van der Waals surface area contributed by atoms with E-state index in [1.165, 1.54) is 29.2 Å². The first kappa shape index (κ1) is 21.1. The van der Waals surface area contributed by atoms with E-state index < -0.39 is 35.9 Å². The number of rotatable bonds is 3. The quantitative estimate of drug-likeness (QED) is 0.719. The number of nitrogens with two attached hydrogens (primary N) is 1. The van der Waals surface area contributed by atoms with Crippen LogP contribution >= 0.6 is 0 Å². The number of amides is 2. The summed E-state index contributed by atoms with van der Waals surface area (Å²) >= 11 is 0. The molecule has 0 saturated carbocycles. The molecule has 0 spiro atoms. The number of carbonyl (C=O) groups is 2. The number of nitrogens with zero attached hydrogens (tertiary/aromatic N) is 3. The Kier molecular flexibility index (Phi) is 5.36. The number of carbonyl (C=O) groups excluding carboxylic acids is 2. The molecule has 0 bridgehead atoms. The minimum atomic E-state index is -4.58. The molecule has 4 rings (SSSR count). The molecule has 1 saturated heterocycles. The van der Waals surface area contributed by atoms with Crippen molar-refractivity contribution in [2.45, 2.75) is 37.5 Å². The van der Waals surface area contributed by atoms with Gasteiger partial charge in [0.05, 0.1) is 12.2 Å². The second kappa shape index (κ2) is 7.86. The van der Waals surface area contributed by atoms with E-state index in [1.807, 2.05) is 0 Å². The molecule has 166 valence electrons. The van der Waals surface area contributed by atoms with Crippen molar-refractivity contribution in [1.29, 1.82) is 0 Å². The number of aromatic nitrogens is 2. The maximum atomic E-state index is 13.8. The summed E-state index contributed by atoms with van der Waals surface area (Å²) in [6.07, 6.45) is -2.98. The lowest BCUT2D eigenvalue weighted by Crippen LogP contribution is -2.42. The van der Waals surface area contributed by atoms with E-state index in [-0.39, 0.29) is 36.8 Å². The highest BCUT2D eigenvalue weighted by Gasteiger charge is 2.47. The molecule has 11 heteroatoms. The van der Waals surface area contributed by atoms with Crippen molar-refractivity contribution in [3.63, 3.8) is 0 Å². The van der Waals surface area contributed by atoms with E-state index in [2.05, 4.69) is 10.4 Å². The fourth-order valence-electron chi connectivity index (χ4n) is 4.17. The fraction of sp³-hybridized carbons (Fsp3) is 0.450. The number of primary amides is 1. The highest BCUT2D eigenvalue weighted by molar-refractivity contribution is 5.99. The zero-order chi connectivity index (χ0) is 22.3. The number of benzene rings is 1. The maximum absolute atomic E-state index is 13.8. The molecule has 2 aliphatic rings. The summed E-state index contributed by atoms with van der Waals surface area (Å²) in [6.45, 7) is 0.558. The van der Waals surface area contributed by atoms with Gasteiger partial charge in [-0.25, -0.2) is 9.07 Å². The highest BCUT2D eigenvalue weighted by atomic mass is 19.4. The third kappa shape index (κ3) is 4.08. The average molecular weight is 439 g/mol. The molecule has 0 unspecified atom stereocenters. The number of nitrogens with one attached hydrogen (secondary N) is 1. The molecule has 2 aliphatic heterocycles. The molecule has 0 aliphatic carbocycles. The minimum absolute atomic E-state index is 0.0232. The van der Waals surface area contributed by atoms with Crippen LogP contribution in [0.5, 0.6) is 0 Å². The van der Waals surface area contributed by atoms with Gasteiger partial charge in [-0.2, -0.15) is 18.3 Å². The average Bonchev–Trinajstić information content (AvgIpc) is 3.16. The van der Waals surface area contributed by atoms with Crippen LogP contribution in [-0.2, 0) is 4.79 Å². The van der Waals surface area contributed by atoms with Gasteiger partial charge in [-0.1, -0.05) is 12.1 Å². The van der Waals surface area contributed by atoms with E-state index in [4.69, 9.17) is 5.73 Å². The molecule has 3 N–H and O–H groups in total. The van der Waals surface area contributed by atoms with Crippen LogP contribution < -0.4 is 11.1 Å². The lowest BCUT2D eigenvalue weighted by Gasteiger charge is -2.35. The normalized spacial score (nSPS) is 22.0. The van der Waals surface area contributed by atoms with Crippen LogP contribution in [0.1, 0.15) is 47.3 Å². The van der Waals surface area contributed by atoms with E-state index in [1.54, 1.807) is 0 Å². The maximum Gasteiger partial charge on any atom is 0.410 e. The number of halogens is 4. The van der Waals surface area contributed by atoms with E-state index >= 15 is 0 Å². The predicted molar refractivity (Wildman–Crippen MR) is 103 cm³/mol. The predicted octanol–water partition coefficient (Wildman–Crippen LogP) is 3.02. The second-order valence-corrected chi connectivity index (χ2v) is 7.86. The van der Waals surface area contributed by atoms with Crippen LogP contribution in [0.15, 0.2) is 30.5 Å². The zero-order valence-electron chi connectivity index (χ0n) is 16.4. The highest BCUT2D eigenvalue weighted by Crippen LogP contribution is 2.44. The Balaban J connectivity index is 1.63. The van der Waals surface area contributed by atoms with Gasteiger partial charge in [-0.3, -0.25) is 9.59 Å². The Labute approximate surface area is 175 Å². The SMILES string of the molecule is NC(=O)C1CCN(C(=O)c2cnn3c2N[C@@H](c2ccc(F)cc2)C[C@H]3C(F)(F)F)CC1. The van der Waals surface area contributed by atoms with Crippen LogP contribution in [0, 0.1) is 11.7 Å². The molecule has 2 amide bonds. The molecule has 1 aromatic heterocycles. The number of piperidine rings is 1. The number of likely N-dealkylation sites (tertiary alicyclic amines) is 1. The number of hydrogen-bond acceptors (Lipinski definition) is 4. The molecule has 3 heterocycles. The number of anilines is 1.